The number of carboxylic acids is 1. The van der Waals surface area contributed by atoms with Crippen molar-refractivity contribution in [2.45, 2.75) is 26.4 Å². The lowest BCUT2D eigenvalue weighted by atomic mass is 10.1. The number of rotatable bonds is 4. The van der Waals surface area contributed by atoms with Gasteiger partial charge in [-0.05, 0) is 37.6 Å². The van der Waals surface area contributed by atoms with E-state index in [1.807, 2.05) is 13.8 Å². The fraction of sp³-hybridized carbons (Fsp3) is 0.333. The Labute approximate surface area is 93.9 Å². The number of carbonyl (C=O) groups is 2. The molecule has 0 unspecified atom stereocenters. The van der Waals surface area contributed by atoms with Crippen LogP contribution in [0.5, 0.6) is 0 Å². The van der Waals surface area contributed by atoms with Gasteiger partial charge in [0.15, 0.2) is 0 Å². The first-order valence-corrected chi connectivity index (χ1v) is 5.09. The molecule has 0 bridgehead atoms. The van der Waals surface area contributed by atoms with Gasteiger partial charge in [-0.1, -0.05) is 6.92 Å². The molecule has 4 nitrogen and oxygen atoms in total. The van der Waals surface area contributed by atoms with Crippen molar-refractivity contribution in [1.29, 1.82) is 0 Å². The first-order chi connectivity index (χ1) is 7.54. The molecular formula is C12H14O4. The van der Waals surface area contributed by atoms with Crippen LogP contribution in [0.25, 0.3) is 0 Å². The summed E-state index contributed by atoms with van der Waals surface area (Å²) < 4.78 is 5.10. The molecule has 0 aliphatic carbocycles. The Bertz CT molecular complexity index is 381. The van der Waals surface area contributed by atoms with E-state index in [0.29, 0.717) is 5.56 Å². The van der Waals surface area contributed by atoms with Crippen molar-refractivity contribution in [2.24, 2.45) is 0 Å². The van der Waals surface area contributed by atoms with E-state index in [1.165, 1.54) is 24.3 Å². The van der Waals surface area contributed by atoms with Crippen molar-refractivity contribution in [2.75, 3.05) is 0 Å². The molecule has 0 aliphatic rings. The second-order valence-corrected chi connectivity index (χ2v) is 3.51. The highest BCUT2D eigenvalue weighted by Crippen LogP contribution is 2.08. The van der Waals surface area contributed by atoms with Crippen molar-refractivity contribution in [3.63, 3.8) is 0 Å². The standard InChI is InChI=1S/C12H14O4/c1-3-8(2)16-12(15)10-6-4-9(5-7-10)11(13)14/h4-8H,3H2,1-2H3,(H,13,14)/t8-/m0/s1. The van der Waals surface area contributed by atoms with Crippen LogP contribution in [0, 0.1) is 0 Å². The molecule has 0 amide bonds. The van der Waals surface area contributed by atoms with Crippen LogP contribution in [0.15, 0.2) is 24.3 Å². The summed E-state index contributed by atoms with van der Waals surface area (Å²) in [7, 11) is 0. The number of ether oxygens (including phenoxy) is 1. The van der Waals surface area contributed by atoms with E-state index in [0.717, 1.165) is 6.42 Å². The monoisotopic (exact) mass is 222 g/mol. The fourth-order valence-corrected chi connectivity index (χ4v) is 1.08. The lowest BCUT2D eigenvalue weighted by molar-refractivity contribution is 0.0334. The molecule has 0 aromatic heterocycles. The highest BCUT2D eigenvalue weighted by Gasteiger charge is 2.11. The SMILES string of the molecule is CC[C@H](C)OC(=O)c1ccc(C(=O)O)cc1. The molecule has 1 aromatic rings. The predicted molar refractivity (Wildman–Crippen MR) is 58.6 cm³/mol. The van der Waals surface area contributed by atoms with Gasteiger partial charge in [-0.15, -0.1) is 0 Å². The second kappa shape index (κ2) is 5.30. The average Bonchev–Trinajstić information content (AvgIpc) is 2.28. The van der Waals surface area contributed by atoms with Crippen LogP contribution in [0.1, 0.15) is 41.0 Å². The van der Waals surface area contributed by atoms with E-state index in [9.17, 15) is 9.59 Å². The number of benzene rings is 1. The molecule has 0 saturated carbocycles. The lowest BCUT2D eigenvalue weighted by Crippen LogP contribution is -2.14. The van der Waals surface area contributed by atoms with Crippen LogP contribution in [0.4, 0.5) is 0 Å². The first kappa shape index (κ1) is 12.2. The Morgan fingerprint density at radius 1 is 1.25 bits per heavy atom. The van der Waals surface area contributed by atoms with Crippen LogP contribution >= 0.6 is 0 Å². The van der Waals surface area contributed by atoms with Gasteiger partial charge in [-0.25, -0.2) is 9.59 Å². The van der Waals surface area contributed by atoms with Crippen LogP contribution in [-0.2, 0) is 4.74 Å². The zero-order valence-electron chi connectivity index (χ0n) is 9.27. The minimum absolute atomic E-state index is 0.133. The van der Waals surface area contributed by atoms with Gasteiger partial charge in [0.2, 0.25) is 0 Å². The predicted octanol–water partition coefficient (Wildman–Crippen LogP) is 2.34. The highest BCUT2D eigenvalue weighted by atomic mass is 16.5. The molecule has 0 fully saturated rings. The Morgan fingerprint density at radius 3 is 2.19 bits per heavy atom. The van der Waals surface area contributed by atoms with Crippen molar-refractivity contribution in [3.8, 4) is 0 Å². The smallest absolute Gasteiger partial charge is 0.338 e. The quantitative estimate of drug-likeness (QED) is 0.794. The number of aromatic carboxylic acids is 1. The van der Waals surface area contributed by atoms with E-state index < -0.39 is 11.9 Å². The highest BCUT2D eigenvalue weighted by molar-refractivity contribution is 5.92. The molecule has 0 saturated heterocycles. The zero-order chi connectivity index (χ0) is 12.1. The molecule has 1 rings (SSSR count). The van der Waals surface area contributed by atoms with Crippen LogP contribution < -0.4 is 0 Å². The Kier molecular flexibility index (Phi) is 4.05. The molecule has 86 valence electrons. The Balaban J connectivity index is 2.74. The minimum Gasteiger partial charge on any atom is -0.478 e. The van der Waals surface area contributed by atoms with Crippen LogP contribution in [0.3, 0.4) is 0 Å². The van der Waals surface area contributed by atoms with E-state index >= 15 is 0 Å². The maximum Gasteiger partial charge on any atom is 0.338 e. The van der Waals surface area contributed by atoms with E-state index in [2.05, 4.69) is 0 Å². The number of esters is 1. The summed E-state index contributed by atoms with van der Waals surface area (Å²) in [4.78, 5) is 22.1. The summed E-state index contributed by atoms with van der Waals surface area (Å²) in [5.74, 6) is -1.44. The molecular weight excluding hydrogens is 208 g/mol. The molecule has 0 spiro atoms. The second-order valence-electron chi connectivity index (χ2n) is 3.51. The molecule has 0 aliphatic heterocycles. The third kappa shape index (κ3) is 3.08. The Morgan fingerprint density at radius 2 is 1.75 bits per heavy atom. The summed E-state index contributed by atoms with van der Waals surface area (Å²) >= 11 is 0. The third-order valence-electron chi connectivity index (χ3n) is 2.25. The van der Waals surface area contributed by atoms with Gasteiger partial charge < -0.3 is 9.84 Å². The fourth-order valence-electron chi connectivity index (χ4n) is 1.08. The van der Waals surface area contributed by atoms with Gasteiger partial charge in [-0.2, -0.15) is 0 Å². The minimum atomic E-state index is -1.01. The summed E-state index contributed by atoms with van der Waals surface area (Å²) in [5.41, 5.74) is 0.519. The van der Waals surface area contributed by atoms with Crippen LogP contribution in [-0.4, -0.2) is 23.1 Å². The summed E-state index contributed by atoms with van der Waals surface area (Å²) in [6.07, 6.45) is 0.616. The van der Waals surface area contributed by atoms with Crippen molar-refractivity contribution >= 4 is 11.9 Å². The van der Waals surface area contributed by atoms with Crippen molar-refractivity contribution in [1.82, 2.24) is 0 Å². The molecule has 1 atom stereocenters. The molecule has 0 radical (unpaired) electrons. The molecule has 16 heavy (non-hydrogen) atoms. The number of hydrogen-bond acceptors (Lipinski definition) is 3. The van der Waals surface area contributed by atoms with Gasteiger partial charge in [-0.3, -0.25) is 0 Å². The summed E-state index contributed by atoms with van der Waals surface area (Å²) in [6, 6.07) is 5.67. The van der Waals surface area contributed by atoms with Gasteiger partial charge >= 0.3 is 11.9 Å². The largest absolute Gasteiger partial charge is 0.478 e. The van der Waals surface area contributed by atoms with Gasteiger partial charge in [0, 0.05) is 0 Å². The molecule has 1 N–H and O–H groups in total. The van der Waals surface area contributed by atoms with Crippen molar-refractivity contribution < 1.29 is 19.4 Å². The lowest BCUT2D eigenvalue weighted by Gasteiger charge is -2.10. The number of carboxylic acid groups (broad SMARTS) is 1. The number of carbonyl (C=O) groups excluding carboxylic acids is 1. The maximum absolute atomic E-state index is 11.5. The van der Waals surface area contributed by atoms with Gasteiger partial charge in [0.05, 0.1) is 17.2 Å². The van der Waals surface area contributed by atoms with E-state index in [4.69, 9.17) is 9.84 Å². The topological polar surface area (TPSA) is 63.6 Å². The summed E-state index contributed by atoms with van der Waals surface area (Å²) in [5, 5.41) is 8.68. The zero-order valence-corrected chi connectivity index (χ0v) is 9.27. The van der Waals surface area contributed by atoms with Crippen molar-refractivity contribution in [3.05, 3.63) is 35.4 Å². The van der Waals surface area contributed by atoms with E-state index in [1.54, 1.807) is 0 Å². The normalized spacial score (nSPS) is 11.9. The molecule has 4 heteroatoms. The average molecular weight is 222 g/mol. The van der Waals surface area contributed by atoms with Gasteiger partial charge in [0.1, 0.15) is 0 Å². The summed E-state index contributed by atoms with van der Waals surface area (Å²) in [6.45, 7) is 3.73. The third-order valence-corrected chi connectivity index (χ3v) is 2.25. The molecule has 0 heterocycles. The van der Waals surface area contributed by atoms with E-state index in [-0.39, 0.29) is 11.7 Å². The molecule has 1 aromatic carbocycles. The Hall–Kier alpha value is -1.84. The van der Waals surface area contributed by atoms with Gasteiger partial charge in [0.25, 0.3) is 0 Å². The van der Waals surface area contributed by atoms with Crippen LogP contribution in [0.2, 0.25) is 0 Å². The maximum atomic E-state index is 11.5. The number of hydrogen-bond donors (Lipinski definition) is 1. The first-order valence-electron chi connectivity index (χ1n) is 5.09.